The molecular formula is C22H23F3N4O. The first kappa shape index (κ1) is 20.6. The predicted octanol–water partition coefficient (Wildman–Crippen LogP) is 4.30. The molecule has 1 saturated heterocycles. The lowest BCUT2D eigenvalue weighted by atomic mass is 10.0. The van der Waals surface area contributed by atoms with Crippen LogP contribution in [0.3, 0.4) is 0 Å². The van der Waals surface area contributed by atoms with E-state index in [0.717, 1.165) is 35.4 Å². The van der Waals surface area contributed by atoms with Gasteiger partial charge in [0.1, 0.15) is 11.9 Å². The van der Waals surface area contributed by atoms with E-state index in [9.17, 15) is 13.2 Å². The maximum Gasteiger partial charge on any atom is 0.416 e. The molecule has 1 unspecified atom stereocenters. The maximum atomic E-state index is 13.0. The molecule has 0 aliphatic carbocycles. The normalized spacial score (nSPS) is 17.9. The number of nitrogens with zero attached hydrogens (tertiary/aromatic N) is 3. The van der Waals surface area contributed by atoms with Crippen LogP contribution in [-0.2, 0) is 23.9 Å². The zero-order valence-corrected chi connectivity index (χ0v) is 16.6. The van der Waals surface area contributed by atoms with E-state index in [1.807, 2.05) is 19.1 Å². The number of morpholine rings is 1. The number of rotatable bonds is 5. The molecule has 4 rings (SSSR count). The van der Waals surface area contributed by atoms with Crippen LogP contribution < -0.4 is 0 Å². The van der Waals surface area contributed by atoms with Gasteiger partial charge in [-0.05, 0) is 42.7 Å². The van der Waals surface area contributed by atoms with Gasteiger partial charge in [-0.1, -0.05) is 18.2 Å². The fraction of sp³-hybridized carbons (Fsp3) is 0.364. The molecular weight excluding hydrogens is 393 g/mol. The third-order valence-electron chi connectivity index (χ3n) is 5.10. The van der Waals surface area contributed by atoms with E-state index >= 15 is 0 Å². The minimum Gasteiger partial charge on any atom is -0.369 e. The Bertz CT molecular complexity index is 988. The molecule has 1 atom stereocenters. The Labute approximate surface area is 172 Å². The number of aromatic amines is 1. The number of hydrogen-bond acceptors (Lipinski definition) is 4. The minimum atomic E-state index is -4.34. The van der Waals surface area contributed by atoms with Gasteiger partial charge in [-0.15, -0.1) is 0 Å². The molecule has 3 aromatic rings. The van der Waals surface area contributed by atoms with Crippen molar-refractivity contribution in [3.8, 4) is 0 Å². The molecule has 0 radical (unpaired) electrons. The van der Waals surface area contributed by atoms with Crippen molar-refractivity contribution in [2.24, 2.45) is 0 Å². The standard InChI is InChI=1S/C22H23F3N4O/c1-15-9-17(10-16-3-2-4-18(11-16)22(23,24)25)12-19(28-15)20-13-29(7-8-30-20)14-21-26-5-6-27-21/h2-6,9,11-12,20H,7-8,10,13-14H2,1H3,(H,26,27). The van der Waals surface area contributed by atoms with E-state index in [1.54, 1.807) is 18.5 Å². The first-order chi connectivity index (χ1) is 14.4. The topological polar surface area (TPSA) is 54.0 Å². The number of aromatic nitrogens is 3. The lowest BCUT2D eigenvalue weighted by molar-refractivity contribution is -0.137. The first-order valence-corrected chi connectivity index (χ1v) is 9.82. The number of hydrogen-bond donors (Lipinski definition) is 1. The van der Waals surface area contributed by atoms with Gasteiger partial charge in [0.2, 0.25) is 0 Å². The Balaban J connectivity index is 1.50. The fourth-order valence-corrected chi connectivity index (χ4v) is 3.75. The Morgan fingerprint density at radius 2 is 2.07 bits per heavy atom. The van der Waals surface area contributed by atoms with Crippen LogP contribution in [0.5, 0.6) is 0 Å². The van der Waals surface area contributed by atoms with Crippen LogP contribution in [0.25, 0.3) is 0 Å². The van der Waals surface area contributed by atoms with Crippen molar-refractivity contribution in [1.82, 2.24) is 19.9 Å². The quantitative estimate of drug-likeness (QED) is 0.674. The number of imidazole rings is 1. The van der Waals surface area contributed by atoms with Crippen LogP contribution in [0.15, 0.2) is 48.8 Å². The third kappa shape index (κ3) is 5.06. The summed E-state index contributed by atoms with van der Waals surface area (Å²) in [7, 11) is 0. The Kier molecular flexibility index (Phi) is 5.87. The highest BCUT2D eigenvalue weighted by atomic mass is 19.4. The van der Waals surface area contributed by atoms with E-state index in [1.165, 1.54) is 12.1 Å². The van der Waals surface area contributed by atoms with Crippen molar-refractivity contribution in [2.45, 2.75) is 32.2 Å². The zero-order valence-electron chi connectivity index (χ0n) is 16.6. The van der Waals surface area contributed by atoms with Crippen molar-refractivity contribution < 1.29 is 17.9 Å². The van der Waals surface area contributed by atoms with Gasteiger partial charge in [0.15, 0.2) is 0 Å². The smallest absolute Gasteiger partial charge is 0.369 e. The molecule has 1 aliphatic rings. The molecule has 3 heterocycles. The fourth-order valence-electron chi connectivity index (χ4n) is 3.75. The number of pyridine rings is 1. The molecule has 0 amide bonds. The van der Waals surface area contributed by atoms with Crippen LogP contribution in [0.4, 0.5) is 13.2 Å². The maximum absolute atomic E-state index is 13.0. The van der Waals surface area contributed by atoms with Crippen LogP contribution in [-0.4, -0.2) is 39.5 Å². The Morgan fingerprint density at radius 1 is 1.20 bits per heavy atom. The van der Waals surface area contributed by atoms with Crippen LogP contribution in [0.1, 0.15) is 40.0 Å². The summed E-state index contributed by atoms with van der Waals surface area (Å²) in [6.45, 7) is 4.67. The number of benzene rings is 1. The zero-order chi connectivity index (χ0) is 21.1. The van der Waals surface area contributed by atoms with Gasteiger partial charge in [-0.25, -0.2) is 4.98 Å². The summed E-state index contributed by atoms with van der Waals surface area (Å²) in [5.41, 5.74) is 2.53. The molecule has 8 heteroatoms. The largest absolute Gasteiger partial charge is 0.416 e. The van der Waals surface area contributed by atoms with E-state index in [0.29, 0.717) is 31.7 Å². The number of nitrogens with one attached hydrogen (secondary N) is 1. The van der Waals surface area contributed by atoms with Crippen molar-refractivity contribution in [1.29, 1.82) is 0 Å². The van der Waals surface area contributed by atoms with Gasteiger partial charge >= 0.3 is 6.18 Å². The molecule has 1 aromatic carbocycles. The molecule has 30 heavy (non-hydrogen) atoms. The molecule has 2 aromatic heterocycles. The summed E-state index contributed by atoms with van der Waals surface area (Å²) in [6.07, 6.45) is -0.592. The first-order valence-electron chi connectivity index (χ1n) is 9.82. The lowest BCUT2D eigenvalue weighted by Crippen LogP contribution is -2.38. The highest BCUT2D eigenvalue weighted by Crippen LogP contribution is 2.30. The lowest BCUT2D eigenvalue weighted by Gasteiger charge is -2.32. The Hall–Kier alpha value is -2.71. The predicted molar refractivity (Wildman–Crippen MR) is 106 cm³/mol. The monoisotopic (exact) mass is 416 g/mol. The van der Waals surface area contributed by atoms with Crippen molar-refractivity contribution in [3.05, 3.63) is 82.7 Å². The van der Waals surface area contributed by atoms with Crippen LogP contribution in [0, 0.1) is 6.92 Å². The van der Waals surface area contributed by atoms with E-state index in [4.69, 9.17) is 4.74 Å². The van der Waals surface area contributed by atoms with E-state index in [-0.39, 0.29) is 6.10 Å². The molecule has 5 nitrogen and oxygen atoms in total. The number of alkyl halides is 3. The highest BCUT2D eigenvalue weighted by Gasteiger charge is 2.30. The second kappa shape index (κ2) is 8.57. The number of ether oxygens (including phenoxy) is 1. The summed E-state index contributed by atoms with van der Waals surface area (Å²) in [6, 6.07) is 9.31. The summed E-state index contributed by atoms with van der Waals surface area (Å²) < 4.78 is 45.0. The van der Waals surface area contributed by atoms with Gasteiger partial charge in [0.05, 0.1) is 24.4 Å². The molecule has 1 N–H and O–H groups in total. The second-order valence-electron chi connectivity index (χ2n) is 7.55. The number of aryl methyl sites for hydroxylation is 1. The van der Waals surface area contributed by atoms with Gasteiger partial charge in [0, 0.05) is 31.2 Å². The van der Waals surface area contributed by atoms with Crippen molar-refractivity contribution in [2.75, 3.05) is 19.7 Å². The molecule has 1 aliphatic heterocycles. The SMILES string of the molecule is Cc1cc(Cc2cccc(C(F)(F)F)c2)cc(C2CN(Cc3ncc[nH]3)CCO2)n1. The summed E-state index contributed by atoms with van der Waals surface area (Å²) in [5.74, 6) is 0.901. The average Bonchev–Trinajstić information content (AvgIpc) is 3.20. The van der Waals surface area contributed by atoms with Crippen molar-refractivity contribution >= 4 is 0 Å². The second-order valence-corrected chi connectivity index (χ2v) is 7.55. The van der Waals surface area contributed by atoms with Crippen LogP contribution in [0.2, 0.25) is 0 Å². The summed E-state index contributed by atoms with van der Waals surface area (Å²) >= 11 is 0. The van der Waals surface area contributed by atoms with Gasteiger partial charge < -0.3 is 9.72 Å². The molecule has 0 spiro atoms. The average molecular weight is 416 g/mol. The number of halogens is 3. The Morgan fingerprint density at radius 3 is 2.83 bits per heavy atom. The van der Waals surface area contributed by atoms with Crippen LogP contribution >= 0.6 is 0 Å². The van der Waals surface area contributed by atoms with E-state index < -0.39 is 11.7 Å². The third-order valence-corrected chi connectivity index (χ3v) is 5.10. The number of H-pyrrole nitrogens is 1. The van der Waals surface area contributed by atoms with Gasteiger partial charge in [-0.2, -0.15) is 13.2 Å². The summed E-state index contributed by atoms with van der Waals surface area (Å²) in [5, 5.41) is 0. The van der Waals surface area contributed by atoms with E-state index in [2.05, 4.69) is 19.9 Å². The molecule has 158 valence electrons. The summed E-state index contributed by atoms with van der Waals surface area (Å²) in [4.78, 5) is 14.3. The van der Waals surface area contributed by atoms with Gasteiger partial charge in [-0.3, -0.25) is 9.88 Å². The van der Waals surface area contributed by atoms with Crippen molar-refractivity contribution in [3.63, 3.8) is 0 Å². The molecule has 0 saturated carbocycles. The minimum absolute atomic E-state index is 0.186. The molecule has 0 bridgehead atoms. The van der Waals surface area contributed by atoms with Gasteiger partial charge in [0.25, 0.3) is 0 Å². The molecule has 1 fully saturated rings. The highest BCUT2D eigenvalue weighted by molar-refractivity contribution is 5.32.